The van der Waals surface area contributed by atoms with Crippen molar-refractivity contribution >= 4 is 11.6 Å². The zero-order valence-electron chi connectivity index (χ0n) is 12.6. The fourth-order valence-corrected chi connectivity index (χ4v) is 1.98. The number of carbonyl (C=O) groups excluding carboxylic acids is 1. The molecular weight excluding hydrogens is 285 g/mol. The van der Waals surface area contributed by atoms with Gasteiger partial charge in [0.15, 0.2) is 0 Å². The van der Waals surface area contributed by atoms with Gasteiger partial charge in [-0.15, -0.1) is 0 Å². The molecule has 0 bridgehead atoms. The van der Waals surface area contributed by atoms with Crippen LogP contribution in [0.15, 0.2) is 42.5 Å². The average molecular weight is 303 g/mol. The minimum absolute atomic E-state index is 0.0352. The van der Waals surface area contributed by atoms with Crippen LogP contribution in [-0.4, -0.2) is 19.6 Å². The first-order chi connectivity index (χ1) is 10.7. The number of methoxy groups -OCH3 is 1. The van der Waals surface area contributed by atoms with E-state index in [4.69, 9.17) is 9.47 Å². The molecule has 116 valence electrons. The molecule has 0 unspecified atom stereocenters. The van der Waals surface area contributed by atoms with E-state index in [1.807, 2.05) is 19.1 Å². The van der Waals surface area contributed by atoms with Crippen LogP contribution in [0, 0.1) is 5.82 Å². The number of benzene rings is 2. The largest absolute Gasteiger partial charge is 0.497 e. The fraction of sp³-hybridized carbons (Fsp3) is 0.235. The summed E-state index contributed by atoms with van der Waals surface area (Å²) < 4.78 is 24.2. The molecule has 22 heavy (non-hydrogen) atoms. The van der Waals surface area contributed by atoms with Crippen LogP contribution < -0.4 is 10.1 Å². The van der Waals surface area contributed by atoms with Crippen LogP contribution in [0.5, 0.6) is 5.75 Å². The Morgan fingerprint density at radius 2 is 2.00 bits per heavy atom. The third-order valence-electron chi connectivity index (χ3n) is 3.15. The van der Waals surface area contributed by atoms with Gasteiger partial charge in [-0.1, -0.05) is 18.2 Å². The van der Waals surface area contributed by atoms with Crippen molar-refractivity contribution in [1.82, 2.24) is 0 Å². The Hall–Kier alpha value is -2.40. The molecule has 0 saturated carbocycles. The quantitative estimate of drug-likeness (QED) is 0.886. The summed E-state index contributed by atoms with van der Waals surface area (Å²) in [4.78, 5) is 12.2. The second kappa shape index (κ2) is 7.56. The van der Waals surface area contributed by atoms with Gasteiger partial charge in [0, 0.05) is 23.9 Å². The SMILES string of the molecule is CCOCc1ccccc1NC(=O)c1ccc(OC)cc1F. The molecule has 2 aromatic carbocycles. The van der Waals surface area contributed by atoms with Gasteiger partial charge >= 0.3 is 0 Å². The predicted molar refractivity (Wildman–Crippen MR) is 82.7 cm³/mol. The average Bonchev–Trinajstić information content (AvgIpc) is 2.53. The van der Waals surface area contributed by atoms with E-state index < -0.39 is 11.7 Å². The zero-order valence-corrected chi connectivity index (χ0v) is 12.6. The summed E-state index contributed by atoms with van der Waals surface area (Å²) in [6.07, 6.45) is 0. The van der Waals surface area contributed by atoms with Crippen LogP contribution >= 0.6 is 0 Å². The number of nitrogens with one attached hydrogen (secondary N) is 1. The molecule has 4 nitrogen and oxygen atoms in total. The summed E-state index contributed by atoms with van der Waals surface area (Å²) in [6, 6.07) is 11.4. The van der Waals surface area contributed by atoms with Crippen LogP contribution in [0.2, 0.25) is 0 Å². The van der Waals surface area contributed by atoms with E-state index in [0.717, 1.165) is 5.56 Å². The lowest BCUT2D eigenvalue weighted by Gasteiger charge is -2.12. The van der Waals surface area contributed by atoms with Crippen molar-refractivity contribution in [3.05, 3.63) is 59.4 Å². The molecule has 1 amide bonds. The summed E-state index contributed by atoms with van der Waals surface area (Å²) in [7, 11) is 1.44. The molecule has 0 aliphatic rings. The molecule has 0 aliphatic carbocycles. The molecule has 0 fully saturated rings. The molecular formula is C17H18FNO3. The number of ether oxygens (including phenoxy) is 2. The van der Waals surface area contributed by atoms with Crippen LogP contribution in [-0.2, 0) is 11.3 Å². The van der Waals surface area contributed by atoms with E-state index in [9.17, 15) is 9.18 Å². The number of amides is 1. The van der Waals surface area contributed by atoms with Gasteiger partial charge in [0.05, 0.1) is 19.3 Å². The smallest absolute Gasteiger partial charge is 0.258 e. The topological polar surface area (TPSA) is 47.6 Å². The number of hydrogen-bond acceptors (Lipinski definition) is 3. The normalized spacial score (nSPS) is 10.3. The molecule has 1 N–H and O–H groups in total. The van der Waals surface area contributed by atoms with Crippen molar-refractivity contribution in [2.45, 2.75) is 13.5 Å². The fourth-order valence-electron chi connectivity index (χ4n) is 1.98. The molecule has 0 aromatic heterocycles. The number of rotatable bonds is 6. The van der Waals surface area contributed by atoms with Gasteiger partial charge in [-0.05, 0) is 25.1 Å². The Bertz CT molecular complexity index is 658. The Morgan fingerprint density at radius 3 is 2.68 bits per heavy atom. The molecule has 0 radical (unpaired) electrons. The molecule has 5 heteroatoms. The zero-order chi connectivity index (χ0) is 15.9. The van der Waals surface area contributed by atoms with Crippen molar-refractivity contribution in [3.63, 3.8) is 0 Å². The van der Waals surface area contributed by atoms with Crippen LogP contribution in [0.3, 0.4) is 0 Å². The second-order valence-electron chi connectivity index (χ2n) is 4.59. The first kappa shape index (κ1) is 16.0. The maximum atomic E-state index is 13.9. The molecule has 0 atom stereocenters. The maximum Gasteiger partial charge on any atom is 0.258 e. The van der Waals surface area contributed by atoms with E-state index in [1.165, 1.54) is 19.2 Å². The lowest BCUT2D eigenvalue weighted by molar-refractivity contribution is 0.102. The summed E-state index contributed by atoms with van der Waals surface area (Å²) in [5.74, 6) is -0.769. The highest BCUT2D eigenvalue weighted by Gasteiger charge is 2.14. The van der Waals surface area contributed by atoms with Crippen molar-refractivity contribution < 1.29 is 18.7 Å². The van der Waals surface area contributed by atoms with E-state index in [0.29, 0.717) is 24.7 Å². The van der Waals surface area contributed by atoms with Gasteiger partial charge in [-0.3, -0.25) is 4.79 Å². The molecule has 0 spiro atoms. The monoisotopic (exact) mass is 303 g/mol. The number of anilines is 1. The van der Waals surface area contributed by atoms with Gasteiger partial charge in [0.1, 0.15) is 11.6 Å². The number of para-hydroxylation sites is 1. The van der Waals surface area contributed by atoms with Gasteiger partial charge in [0.2, 0.25) is 0 Å². The standard InChI is InChI=1S/C17H18FNO3/c1-3-22-11-12-6-4-5-7-16(12)19-17(20)14-9-8-13(21-2)10-15(14)18/h4-10H,3,11H2,1-2H3,(H,19,20). The maximum absolute atomic E-state index is 13.9. The predicted octanol–water partition coefficient (Wildman–Crippen LogP) is 3.62. The highest BCUT2D eigenvalue weighted by Crippen LogP contribution is 2.20. The second-order valence-corrected chi connectivity index (χ2v) is 4.59. The summed E-state index contributed by atoms with van der Waals surface area (Å²) >= 11 is 0. The molecule has 0 saturated heterocycles. The Balaban J connectivity index is 2.18. The minimum atomic E-state index is -0.626. The Labute approximate surface area is 128 Å². The lowest BCUT2D eigenvalue weighted by atomic mass is 10.1. The minimum Gasteiger partial charge on any atom is -0.497 e. The Kier molecular flexibility index (Phi) is 5.49. The summed E-state index contributed by atoms with van der Waals surface area (Å²) in [6.45, 7) is 2.86. The first-order valence-corrected chi connectivity index (χ1v) is 6.96. The van der Waals surface area contributed by atoms with E-state index in [-0.39, 0.29) is 5.56 Å². The number of hydrogen-bond donors (Lipinski definition) is 1. The van der Waals surface area contributed by atoms with E-state index in [1.54, 1.807) is 18.2 Å². The molecule has 0 aliphatic heterocycles. The van der Waals surface area contributed by atoms with Gasteiger partial charge in [0.25, 0.3) is 5.91 Å². The van der Waals surface area contributed by atoms with Crippen LogP contribution in [0.4, 0.5) is 10.1 Å². The summed E-state index contributed by atoms with van der Waals surface area (Å²) in [5, 5.41) is 2.71. The molecule has 2 aromatic rings. The Morgan fingerprint density at radius 1 is 1.23 bits per heavy atom. The van der Waals surface area contributed by atoms with Crippen LogP contribution in [0.1, 0.15) is 22.8 Å². The number of carbonyl (C=O) groups is 1. The highest BCUT2D eigenvalue weighted by atomic mass is 19.1. The van der Waals surface area contributed by atoms with E-state index in [2.05, 4.69) is 5.32 Å². The van der Waals surface area contributed by atoms with Crippen molar-refractivity contribution in [2.75, 3.05) is 19.0 Å². The van der Waals surface area contributed by atoms with Crippen molar-refractivity contribution in [1.29, 1.82) is 0 Å². The van der Waals surface area contributed by atoms with Gasteiger partial charge in [-0.2, -0.15) is 0 Å². The highest BCUT2D eigenvalue weighted by molar-refractivity contribution is 6.04. The van der Waals surface area contributed by atoms with Gasteiger partial charge < -0.3 is 14.8 Å². The van der Waals surface area contributed by atoms with Crippen molar-refractivity contribution in [2.24, 2.45) is 0 Å². The van der Waals surface area contributed by atoms with Gasteiger partial charge in [-0.25, -0.2) is 4.39 Å². The summed E-state index contributed by atoms with van der Waals surface area (Å²) in [5.41, 5.74) is 1.41. The third-order valence-corrected chi connectivity index (χ3v) is 3.15. The lowest BCUT2D eigenvalue weighted by Crippen LogP contribution is -2.15. The van der Waals surface area contributed by atoms with Crippen molar-refractivity contribution in [3.8, 4) is 5.75 Å². The molecule has 2 rings (SSSR count). The van der Waals surface area contributed by atoms with E-state index >= 15 is 0 Å². The number of halogens is 1. The first-order valence-electron chi connectivity index (χ1n) is 6.96. The molecule has 0 heterocycles. The van der Waals surface area contributed by atoms with Crippen LogP contribution in [0.25, 0.3) is 0 Å². The third kappa shape index (κ3) is 3.83.